The van der Waals surface area contributed by atoms with Crippen molar-refractivity contribution in [3.05, 3.63) is 24.0 Å². The van der Waals surface area contributed by atoms with Gasteiger partial charge in [-0.3, -0.25) is 4.21 Å². The van der Waals surface area contributed by atoms with Crippen molar-refractivity contribution in [2.75, 3.05) is 11.5 Å². The van der Waals surface area contributed by atoms with Gasteiger partial charge in [0.25, 0.3) is 0 Å². The van der Waals surface area contributed by atoms with E-state index in [0.717, 1.165) is 12.8 Å². The molecule has 1 saturated heterocycles. The maximum absolute atomic E-state index is 13.1. The first kappa shape index (κ1) is 13.5. The number of hydrogen-bond acceptors (Lipinski definition) is 3. The van der Waals surface area contributed by atoms with Crippen molar-refractivity contribution in [1.82, 2.24) is 0 Å². The molecular formula is C13H18FNO2S. The molecule has 2 N–H and O–H groups in total. The van der Waals surface area contributed by atoms with Crippen LogP contribution >= 0.6 is 0 Å². The zero-order chi connectivity index (χ0) is 13.3. The summed E-state index contributed by atoms with van der Waals surface area (Å²) >= 11 is 0. The molecule has 1 heterocycles. The van der Waals surface area contributed by atoms with Crippen LogP contribution in [0.25, 0.3) is 0 Å². The molecule has 1 aliphatic heterocycles. The maximum Gasteiger partial charge on any atom is 0.124 e. The predicted octanol–water partition coefficient (Wildman–Crippen LogP) is 2.47. The highest BCUT2D eigenvalue weighted by Gasteiger charge is 2.32. The van der Waals surface area contributed by atoms with E-state index in [0.29, 0.717) is 16.3 Å². The van der Waals surface area contributed by atoms with Crippen LogP contribution in [0, 0.1) is 5.82 Å². The first-order valence-electron chi connectivity index (χ1n) is 5.99. The lowest BCUT2D eigenvalue weighted by molar-refractivity contribution is -0.00498. The standard InChI is InChI=1S/C13H18FNO2S/c1-13(2)6-5-10(17-13)8-18(16)12-7-9(14)3-4-11(12)15/h3-4,7,10H,5-6,8,15H2,1-2H3. The Morgan fingerprint density at radius 2 is 2.28 bits per heavy atom. The summed E-state index contributed by atoms with van der Waals surface area (Å²) in [6.07, 6.45) is 1.80. The molecule has 0 radical (unpaired) electrons. The summed E-state index contributed by atoms with van der Waals surface area (Å²) < 4.78 is 31.1. The van der Waals surface area contributed by atoms with Crippen LogP contribution in [0.1, 0.15) is 26.7 Å². The van der Waals surface area contributed by atoms with E-state index in [-0.39, 0.29) is 11.7 Å². The average Bonchev–Trinajstić information content (AvgIpc) is 2.61. The monoisotopic (exact) mass is 271 g/mol. The minimum Gasteiger partial charge on any atom is -0.398 e. The van der Waals surface area contributed by atoms with Crippen molar-refractivity contribution >= 4 is 16.5 Å². The van der Waals surface area contributed by atoms with Gasteiger partial charge in [-0.25, -0.2) is 4.39 Å². The fraction of sp³-hybridized carbons (Fsp3) is 0.538. The van der Waals surface area contributed by atoms with E-state index in [1.807, 2.05) is 13.8 Å². The number of halogens is 1. The molecule has 0 amide bonds. The largest absolute Gasteiger partial charge is 0.398 e. The second-order valence-corrected chi connectivity index (χ2v) is 6.70. The van der Waals surface area contributed by atoms with Gasteiger partial charge in [0.2, 0.25) is 0 Å². The highest BCUT2D eigenvalue weighted by Crippen LogP contribution is 2.31. The van der Waals surface area contributed by atoms with Crippen molar-refractivity contribution in [2.45, 2.75) is 43.3 Å². The number of nitrogen functional groups attached to an aromatic ring is 1. The molecule has 1 fully saturated rings. The van der Waals surface area contributed by atoms with Gasteiger partial charge < -0.3 is 10.5 Å². The van der Waals surface area contributed by atoms with Crippen LogP contribution in [0.2, 0.25) is 0 Å². The molecule has 100 valence electrons. The number of nitrogens with two attached hydrogens (primary N) is 1. The van der Waals surface area contributed by atoms with Crippen LogP contribution in [0.15, 0.2) is 23.1 Å². The average molecular weight is 271 g/mol. The number of benzene rings is 1. The quantitative estimate of drug-likeness (QED) is 0.859. The summed E-state index contributed by atoms with van der Waals surface area (Å²) in [4.78, 5) is 0.364. The van der Waals surface area contributed by atoms with E-state index in [4.69, 9.17) is 10.5 Å². The van der Waals surface area contributed by atoms with E-state index < -0.39 is 16.6 Å². The van der Waals surface area contributed by atoms with Gasteiger partial charge in [-0.15, -0.1) is 0 Å². The van der Waals surface area contributed by atoms with E-state index >= 15 is 0 Å². The Morgan fingerprint density at radius 3 is 2.89 bits per heavy atom. The Bertz CT molecular complexity index is 476. The molecule has 2 unspecified atom stereocenters. The molecule has 0 saturated carbocycles. The Hall–Kier alpha value is -0.940. The van der Waals surface area contributed by atoms with Crippen molar-refractivity contribution in [3.8, 4) is 0 Å². The molecule has 5 heteroatoms. The Labute approximate surface area is 109 Å². The fourth-order valence-corrected chi connectivity index (χ4v) is 3.49. The minimum atomic E-state index is -1.32. The lowest BCUT2D eigenvalue weighted by atomic mass is 10.1. The van der Waals surface area contributed by atoms with Gasteiger partial charge in [0.05, 0.1) is 33.2 Å². The van der Waals surface area contributed by atoms with Crippen LogP contribution in [0.3, 0.4) is 0 Å². The molecule has 0 bridgehead atoms. The third-order valence-corrected chi connectivity index (χ3v) is 4.63. The summed E-state index contributed by atoms with van der Waals surface area (Å²) in [7, 11) is -1.32. The van der Waals surface area contributed by atoms with Crippen LogP contribution in [0.5, 0.6) is 0 Å². The second-order valence-electron chi connectivity index (χ2n) is 5.23. The number of hydrogen-bond donors (Lipinski definition) is 1. The van der Waals surface area contributed by atoms with Crippen LogP contribution in [-0.4, -0.2) is 21.7 Å². The molecule has 1 aromatic carbocycles. The molecule has 1 aliphatic rings. The highest BCUT2D eigenvalue weighted by atomic mass is 32.2. The maximum atomic E-state index is 13.1. The molecular weight excluding hydrogens is 253 g/mol. The molecule has 1 aromatic rings. The number of rotatable bonds is 3. The molecule has 3 nitrogen and oxygen atoms in total. The van der Waals surface area contributed by atoms with E-state index in [1.54, 1.807) is 0 Å². The second kappa shape index (κ2) is 4.97. The van der Waals surface area contributed by atoms with Crippen molar-refractivity contribution < 1.29 is 13.3 Å². The van der Waals surface area contributed by atoms with Gasteiger partial charge in [0, 0.05) is 5.69 Å². The third-order valence-electron chi connectivity index (χ3n) is 3.11. The highest BCUT2D eigenvalue weighted by molar-refractivity contribution is 7.85. The van der Waals surface area contributed by atoms with Crippen LogP contribution in [-0.2, 0) is 15.5 Å². The Morgan fingerprint density at radius 1 is 1.56 bits per heavy atom. The molecule has 0 aliphatic carbocycles. The summed E-state index contributed by atoms with van der Waals surface area (Å²) in [5.41, 5.74) is 5.93. The SMILES string of the molecule is CC1(C)CCC(CS(=O)c2cc(F)ccc2N)O1. The lowest BCUT2D eigenvalue weighted by Crippen LogP contribution is -2.23. The molecule has 0 aromatic heterocycles. The van der Waals surface area contributed by atoms with E-state index in [1.165, 1.54) is 18.2 Å². The Kier molecular flexibility index (Phi) is 3.73. The third kappa shape index (κ3) is 3.09. The minimum absolute atomic E-state index is 0.0384. The molecule has 18 heavy (non-hydrogen) atoms. The normalized spacial score (nSPS) is 24.1. The number of anilines is 1. The predicted molar refractivity (Wildman–Crippen MR) is 70.3 cm³/mol. The zero-order valence-corrected chi connectivity index (χ0v) is 11.4. The van der Waals surface area contributed by atoms with Gasteiger partial charge in [-0.1, -0.05) is 0 Å². The fourth-order valence-electron chi connectivity index (χ4n) is 2.16. The topological polar surface area (TPSA) is 52.3 Å². The zero-order valence-electron chi connectivity index (χ0n) is 10.6. The summed E-state index contributed by atoms with van der Waals surface area (Å²) in [5.74, 6) is -0.0444. The van der Waals surface area contributed by atoms with Gasteiger partial charge in [0.15, 0.2) is 0 Å². The first-order valence-corrected chi connectivity index (χ1v) is 7.30. The van der Waals surface area contributed by atoms with Gasteiger partial charge in [-0.2, -0.15) is 0 Å². The Balaban J connectivity index is 2.06. The summed E-state index contributed by atoms with van der Waals surface area (Å²) in [6.45, 7) is 4.04. The first-order chi connectivity index (χ1) is 8.37. The van der Waals surface area contributed by atoms with Gasteiger partial charge >= 0.3 is 0 Å². The van der Waals surface area contributed by atoms with Crippen molar-refractivity contribution in [3.63, 3.8) is 0 Å². The molecule has 2 atom stereocenters. The number of ether oxygens (including phenoxy) is 1. The molecule has 2 rings (SSSR count). The van der Waals surface area contributed by atoms with Crippen LogP contribution < -0.4 is 5.73 Å². The lowest BCUT2D eigenvalue weighted by Gasteiger charge is -2.19. The van der Waals surface area contributed by atoms with E-state index in [2.05, 4.69) is 0 Å². The summed E-state index contributed by atoms with van der Waals surface area (Å²) in [6, 6.07) is 3.96. The summed E-state index contributed by atoms with van der Waals surface area (Å²) in [5, 5.41) is 0. The van der Waals surface area contributed by atoms with E-state index in [9.17, 15) is 8.60 Å². The smallest absolute Gasteiger partial charge is 0.124 e. The van der Waals surface area contributed by atoms with Gasteiger partial charge in [-0.05, 0) is 44.9 Å². The van der Waals surface area contributed by atoms with Crippen LogP contribution in [0.4, 0.5) is 10.1 Å². The van der Waals surface area contributed by atoms with Gasteiger partial charge in [0.1, 0.15) is 5.82 Å². The van der Waals surface area contributed by atoms with Crippen molar-refractivity contribution in [2.24, 2.45) is 0 Å². The van der Waals surface area contributed by atoms with Crippen molar-refractivity contribution in [1.29, 1.82) is 0 Å². The molecule has 0 spiro atoms.